The van der Waals surface area contributed by atoms with Crippen LogP contribution in [0.2, 0.25) is 0 Å². The van der Waals surface area contributed by atoms with E-state index >= 15 is 0 Å². The van der Waals surface area contributed by atoms with E-state index in [0.717, 1.165) is 16.9 Å². The summed E-state index contributed by atoms with van der Waals surface area (Å²) in [5.74, 6) is -5.29. The molecule has 0 aliphatic heterocycles. The van der Waals surface area contributed by atoms with E-state index in [1.54, 1.807) is 38.1 Å². The Kier molecular flexibility index (Phi) is 7.22. The molecule has 1 atom stereocenters. The van der Waals surface area contributed by atoms with Gasteiger partial charge in [0.05, 0.1) is 4.88 Å². The van der Waals surface area contributed by atoms with Crippen LogP contribution in [0.4, 0.5) is 14.5 Å². The third kappa shape index (κ3) is 5.87. The zero-order valence-corrected chi connectivity index (χ0v) is 18.5. The number of benzene rings is 1. The van der Waals surface area contributed by atoms with Crippen molar-refractivity contribution in [1.29, 1.82) is 0 Å². The molecule has 3 rings (SSSR count). The largest absolute Gasteiger partial charge is 0.480 e. The number of aromatic nitrogens is 1. The van der Waals surface area contributed by atoms with Gasteiger partial charge in [0.15, 0.2) is 5.01 Å². The number of amides is 2. The van der Waals surface area contributed by atoms with Gasteiger partial charge in [-0.2, -0.15) is 0 Å². The summed E-state index contributed by atoms with van der Waals surface area (Å²) in [5.41, 5.74) is 1.33. The average molecular weight is 466 g/mol. The van der Waals surface area contributed by atoms with Crippen molar-refractivity contribution < 1.29 is 28.3 Å². The monoisotopic (exact) mass is 465 g/mol. The van der Waals surface area contributed by atoms with Crippen molar-refractivity contribution >= 4 is 34.8 Å². The molecule has 1 aliphatic rings. The van der Waals surface area contributed by atoms with Gasteiger partial charge < -0.3 is 15.7 Å². The predicted octanol–water partition coefficient (Wildman–Crippen LogP) is 4.41. The van der Waals surface area contributed by atoms with Crippen molar-refractivity contribution in [2.45, 2.75) is 51.5 Å². The summed E-state index contributed by atoms with van der Waals surface area (Å²) in [6.07, 6.45) is 1.33. The molecule has 172 valence electrons. The molecule has 1 fully saturated rings. The number of nitrogens with zero attached hydrogens (tertiary/aromatic N) is 1. The topological polar surface area (TPSA) is 108 Å². The molecule has 32 heavy (non-hydrogen) atoms. The van der Waals surface area contributed by atoms with Gasteiger partial charge in [0.2, 0.25) is 11.8 Å². The van der Waals surface area contributed by atoms with Crippen LogP contribution in [-0.4, -0.2) is 39.8 Å². The molecule has 2 aromatic rings. The van der Waals surface area contributed by atoms with Gasteiger partial charge in [-0.25, -0.2) is 18.6 Å². The zero-order valence-electron chi connectivity index (χ0n) is 17.7. The second-order valence-corrected chi connectivity index (χ2v) is 9.29. The van der Waals surface area contributed by atoms with Crippen molar-refractivity contribution in [2.75, 3.05) is 5.32 Å². The van der Waals surface area contributed by atoms with Crippen LogP contribution in [-0.2, 0) is 9.59 Å². The van der Waals surface area contributed by atoms with E-state index in [-0.39, 0.29) is 42.5 Å². The van der Waals surface area contributed by atoms with E-state index in [9.17, 15) is 28.3 Å². The fraction of sp³-hybridized carbons (Fsp3) is 0.455. The van der Waals surface area contributed by atoms with Crippen LogP contribution < -0.4 is 10.6 Å². The van der Waals surface area contributed by atoms with Gasteiger partial charge in [-0.3, -0.25) is 9.59 Å². The maximum atomic E-state index is 13.3. The molecule has 0 unspecified atom stereocenters. The Hall–Kier alpha value is -2.88. The van der Waals surface area contributed by atoms with Crippen molar-refractivity contribution in [3.63, 3.8) is 0 Å². The second kappa shape index (κ2) is 9.72. The van der Waals surface area contributed by atoms with Crippen molar-refractivity contribution in [3.8, 4) is 10.4 Å². The van der Waals surface area contributed by atoms with Crippen LogP contribution >= 0.6 is 11.3 Å². The normalized spacial score (nSPS) is 17.0. The lowest BCUT2D eigenvalue weighted by Gasteiger charge is -2.27. The van der Waals surface area contributed by atoms with E-state index in [1.807, 2.05) is 0 Å². The highest BCUT2D eigenvalue weighted by molar-refractivity contribution is 7.17. The Morgan fingerprint density at radius 1 is 1.16 bits per heavy atom. The SMILES string of the molecule is CC(C)[C@@H](NC(=O)c1ncc(-c2ccc(NC(=O)C3CCC(F)(F)CC3)cc2)s1)C(=O)O. The molecular weight excluding hydrogens is 440 g/mol. The smallest absolute Gasteiger partial charge is 0.326 e. The summed E-state index contributed by atoms with van der Waals surface area (Å²) < 4.78 is 26.5. The van der Waals surface area contributed by atoms with Gasteiger partial charge in [0, 0.05) is 30.6 Å². The van der Waals surface area contributed by atoms with Crippen LogP contribution in [0.15, 0.2) is 30.5 Å². The molecule has 0 bridgehead atoms. The summed E-state index contributed by atoms with van der Waals surface area (Å²) in [6, 6.07) is 5.91. The molecule has 3 N–H and O–H groups in total. The Bertz CT molecular complexity index is 981. The molecule has 1 heterocycles. The van der Waals surface area contributed by atoms with E-state index < -0.39 is 29.8 Å². The summed E-state index contributed by atoms with van der Waals surface area (Å²) in [7, 11) is 0. The van der Waals surface area contributed by atoms with Gasteiger partial charge in [-0.15, -0.1) is 11.3 Å². The minimum atomic E-state index is -2.67. The summed E-state index contributed by atoms with van der Waals surface area (Å²) in [6.45, 7) is 3.41. The summed E-state index contributed by atoms with van der Waals surface area (Å²) in [4.78, 5) is 40.8. The molecule has 1 aromatic heterocycles. The van der Waals surface area contributed by atoms with Crippen molar-refractivity contribution in [1.82, 2.24) is 10.3 Å². The highest BCUT2D eigenvalue weighted by atomic mass is 32.1. The number of carbonyl (C=O) groups excluding carboxylic acids is 2. The van der Waals surface area contributed by atoms with Crippen LogP contribution in [0, 0.1) is 11.8 Å². The highest BCUT2D eigenvalue weighted by Crippen LogP contribution is 2.36. The summed E-state index contributed by atoms with van der Waals surface area (Å²) >= 11 is 1.13. The fourth-order valence-corrected chi connectivity index (χ4v) is 4.32. The molecule has 1 saturated carbocycles. The summed E-state index contributed by atoms with van der Waals surface area (Å²) in [5, 5.41) is 14.6. The molecule has 0 spiro atoms. The maximum absolute atomic E-state index is 13.3. The number of carboxylic acid groups (broad SMARTS) is 1. The van der Waals surface area contributed by atoms with Crippen molar-refractivity contribution in [2.24, 2.45) is 11.8 Å². The lowest BCUT2D eigenvalue weighted by atomic mass is 9.86. The Morgan fingerprint density at radius 2 is 1.78 bits per heavy atom. The number of hydrogen-bond donors (Lipinski definition) is 3. The number of hydrogen-bond acceptors (Lipinski definition) is 5. The Labute approximate surface area is 188 Å². The number of alkyl halides is 2. The number of halogens is 2. The van der Waals surface area contributed by atoms with E-state index in [1.165, 1.54) is 6.20 Å². The third-order valence-electron chi connectivity index (χ3n) is 5.44. The third-order valence-corrected chi connectivity index (χ3v) is 6.49. The first-order valence-corrected chi connectivity index (χ1v) is 11.2. The van der Waals surface area contributed by atoms with E-state index in [4.69, 9.17) is 0 Å². The van der Waals surface area contributed by atoms with E-state index in [0.29, 0.717) is 10.6 Å². The first-order valence-electron chi connectivity index (χ1n) is 10.3. The molecule has 1 aromatic carbocycles. The van der Waals surface area contributed by atoms with Gasteiger partial charge in [-0.05, 0) is 36.5 Å². The molecule has 1 aliphatic carbocycles. The Morgan fingerprint density at radius 3 is 2.34 bits per heavy atom. The van der Waals surface area contributed by atoms with Gasteiger partial charge >= 0.3 is 5.97 Å². The molecule has 2 amide bonds. The fourth-order valence-electron chi connectivity index (χ4n) is 3.49. The molecule has 0 radical (unpaired) electrons. The maximum Gasteiger partial charge on any atom is 0.326 e. The standard InChI is InChI=1S/C22H25F2N3O4S/c1-12(2)17(21(30)31)27-19(29)20-25-11-16(32-20)13-3-5-15(6-4-13)26-18(28)14-7-9-22(23,24)10-8-14/h3-6,11-12,14,17H,7-10H2,1-2H3,(H,26,28)(H,27,29)(H,30,31)/t17-/m1/s1. The lowest BCUT2D eigenvalue weighted by Crippen LogP contribution is -2.44. The molecular formula is C22H25F2N3O4S. The van der Waals surface area contributed by atoms with Gasteiger partial charge in [0.25, 0.3) is 5.91 Å². The Balaban J connectivity index is 1.61. The van der Waals surface area contributed by atoms with Gasteiger partial charge in [-0.1, -0.05) is 26.0 Å². The number of rotatable bonds is 7. The lowest BCUT2D eigenvalue weighted by molar-refractivity contribution is -0.140. The number of anilines is 1. The minimum absolute atomic E-state index is 0.151. The molecule has 10 heteroatoms. The average Bonchev–Trinajstić information content (AvgIpc) is 3.22. The quantitative estimate of drug-likeness (QED) is 0.561. The first-order chi connectivity index (χ1) is 15.1. The van der Waals surface area contributed by atoms with Gasteiger partial charge in [0.1, 0.15) is 6.04 Å². The number of carbonyl (C=O) groups is 3. The highest BCUT2D eigenvalue weighted by Gasteiger charge is 2.37. The predicted molar refractivity (Wildman–Crippen MR) is 117 cm³/mol. The first kappa shape index (κ1) is 23.8. The van der Waals surface area contributed by atoms with Crippen LogP contribution in [0.25, 0.3) is 10.4 Å². The van der Waals surface area contributed by atoms with Crippen LogP contribution in [0.1, 0.15) is 49.3 Å². The number of nitrogens with one attached hydrogen (secondary N) is 2. The number of aliphatic carboxylic acids is 1. The molecule has 7 nitrogen and oxygen atoms in total. The second-order valence-electron chi connectivity index (χ2n) is 8.26. The van der Waals surface area contributed by atoms with Crippen LogP contribution in [0.5, 0.6) is 0 Å². The molecule has 0 saturated heterocycles. The van der Waals surface area contributed by atoms with Crippen molar-refractivity contribution in [3.05, 3.63) is 35.5 Å². The zero-order chi connectivity index (χ0) is 23.5. The minimum Gasteiger partial charge on any atom is -0.480 e. The number of thiazole rings is 1. The van der Waals surface area contributed by atoms with E-state index in [2.05, 4.69) is 15.6 Å². The number of carboxylic acids is 1. The van der Waals surface area contributed by atoms with Crippen LogP contribution in [0.3, 0.4) is 0 Å².